The SMILES string of the molecule is Cc1cc(Nc2ccc(-c3cn(-c4ccc(Nc5ccnc(C)c5Cl)cc4)nn3)cc2)ccn1. The maximum Gasteiger partial charge on any atom is 0.113 e. The van der Waals surface area contributed by atoms with Crippen LogP contribution in [0.1, 0.15) is 11.4 Å². The van der Waals surface area contributed by atoms with Crippen LogP contribution in [-0.4, -0.2) is 25.0 Å². The highest BCUT2D eigenvalue weighted by Crippen LogP contribution is 2.28. The number of benzene rings is 2. The highest BCUT2D eigenvalue weighted by Gasteiger charge is 2.08. The quantitative estimate of drug-likeness (QED) is 0.297. The summed E-state index contributed by atoms with van der Waals surface area (Å²) >= 11 is 6.33. The molecule has 8 heteroatoms. The van der Waals surface area contributed by atoms with Crippen LogP contribution in [0.25, 0.3) is 16.9 Å². The van der Waals surface area contributed by atoms with E-state index in [1.807, 2.05) is 86.8 Å². The number of anilines is 4. The van der Waals surface area contributed by atoms with Crippen molar-refractivity contribution in [3.63, 3.8) is 0 Å². The molecule has 3 heterocycles. The topological polar surface area (TPSA) is 80.5 Å². The first kappa shape index (κ1) is 21.6. The van der Waals surface area contributed by atoms with E-state index in [-0.39, 0.29) is 0 Å². The summed E-state index contributed by atoms with van der Waals surface area (Å²) in [4.78, 5) is 8.42. The number of halogens is 1. The molecule has 5 aromatic rings. The average molecular weight is 468 g/mol. The Hall–Kier alpha value is -4.23. The first-order valence-corrected chi connectivity index (χ1v) is 11.1. The van der Waals surface area contributed by atoms with Gasteiger partial charge in [0.25, 0.3) is 0 Å². The van der Waals surface area contributed by atoms with Crippen LogP contribution in [0, 0.1) is 13.8 Å². The maximum atomic E-state index is 6.33. The second kappa shape index (κ2) is 9.33. The molecule has 0 saturated heterocycles. The van der Waals surface area contributed by atoms with Gasteiger partial charge in [-0.25, -0.2) is 4.68 Å². The van der Waals surface area contributed by atoms with E-state index in [0.717, 1.165) is 51.1 Å². The van der Waals surface area contributed by atoms with E-state index in [4.69, 9.17) is 11.6 Å². The fourth-order valence-electron chi connectivity index (χ4n) is 3.53. The molecule has 7 nitrogen and oxygen atoms in total. The summed E-state index contributed by atoms with van der Waals surface area (Å²) in [5, 5.41) is 16.0. The van der Waals surface area contributed by atoms with E-state index in [9.17, 15) is 0 Å². The van der Waals surface area contributed by atoms with Gasteiger partial charge in [-0.05, 0) is 68.4 Å². The minimum atomic E-state index is 0.615. The zero-order valence-electron chi connectivity index (χ0n) is 18.7. The van der Waals surface area contributed by atoms with Gasteiger partial charge in [-0.15, -0.1) is 5.10 Å². The molecule has 2 N–H and O–H groups in total. The summed E-state index contributed by atoms with van der Waals surface area (Å²) in [6, 6.07) is 21.8. The van der Waals surface area contributed by atoms with Crippen LogP contribution in [0.15, 0.2) is 85.3 Å². The van der Waals surface area contributed by atoms with Gasteiger partial charge in [0.15, 0.2) is 0 Å². The second-order valence-corrected chi connectivity index (χ2v) is 8.24. The Morgan fingerprint density at radius 3 is 2.24 bits per heavy atom. The molecule has 0 aliphatic carbocycles. The van der Waals surface area contributed by atoms with Crippen LogP contribution in [0.3, 0.4) is 0 Å². The molecule has 0 aliphatic heterocycles. The molecule has 0 amide bonds. The summed E-state index contributed by atoms with van der Waals surface area (Å²) < 4.78 is 1.76. The van der Waals surface area contributed by atoms with Crippen molar-refractivity contribution >= 4 is 34.4 Å². The number of aryl methyl sites for hydroxylation is 2. The lowest BCUT2D eigenvalue weighted by Crippen LogP contribution is -1.97. The normalized spacial score (nSPS) is 10.8. The molecule has 3 aromatic heterocycles. The van der Waals surface area contributed by atoms with Crippen molar-refractivity contribution in [1.29, 1.82) is 0 Å². The van der Waals surface area contributed by atoms with Gasteiger partial charge in [0, 0.05) is 40.7 Å². The van der Waals surface area contributed by atoms with Crippen molar-refractivity contribution in [2.45, 2.75) is 13.8 Å². The fraction of sp³-hybridized carbons (Fsp3) is 0.0769. The Bertz CT molecular complexity index is 1430. The largest absolute Gasteiger partial charge is 0.355 e. The zero-order valence-corrected chi connectivity index (χ0v) is 19.5. The first-order chi connectivity index (χ1) is 16.5. The Balaban J connectivity index is 1.28. The van der Waals surface area contributed by atoms with Gasteiger partial charge in [-0.3, -0.25) is 9.97 Å². The van der Waals surface area contributed by atoms with Gasteiger partial charge < -0.3 is 10.6 Å². The van der Waals surface area contributed by atoms with Crippen LogP contribution >= 0.6 is 11.6 Å². The summed E-state index contributed by atoms with van der Waals surface area (Å²) in [5.41, 5.74) is 8.20. The van der Waals surface area contributed by atoms with Crippen LogP contribution in [0.4, 0.5) is 22.7 Å². The Labute approximate surface area is 202 Å². The minimum Gasteiger partial charge on any atom is -0.355 e. The monoisotopic (exact) mass is 467 g/mol. The van der Waals surface area contributed by atoms with E-state index in [0.29, 0.717) is 5.02 Å². The third kappa shape index (κ3) is 4.74. The van der Waals surface area contributed by atoms with Gasteiger partial charge in [0.1, 0.15) is 5.69 Å². The number of aromatic nitrogens is 5. The van der Waals surface area contributed by atoms with Crippen molar-refractivity contribution in [2.24, 2.45) is 0 Å². The lowest BCUT2D eigenvalue weighted by Gasteiger charge is -2.10. The van der Waals surface area contributed by atoms with E-state index >= 15 is 0 Å². The molecule has 0 fully saturated rings. The van der Waals surface area contributed by atoms with Crippen molar-refractivity contribution in [3.05, 3.63) is 102 Å². The predicted octanol–water partition coefficient (Wildman–Crippen LogP) is 6.48. The molecule has 34 heavy (non-hydrogen) atoms. The predicted molar refractivity (Wildman–Crippen MR) is 136 cm³/mol. The number of nitrogens with one attached hydrogen (secondary N) is 2. The average Bonchev–Trinajstić information content (AvgIpc) is 3.33. The molecular weight excluding hydrogens is 446 g/mol. The molecule has 0 unspecified atom stereocenters. The van der Waals surface area contributed by atoms with Crippen LogP contribution < -0.4 is 10.6 Å². The van der Waals surface area contributed by atoms with Gasteiger partial charge in [0.05, 0.1) is 28.3 Å². The fourth-order valence-corrected chi connectivity index (χ4v) is 3.69. The number of hydrogen-bond acceptors (Lipinski definition) is 6. The standard InChI is InChI=1S/C26H22ClN7/c1-17-15-22(11-13-28-17)30-20-5-3-19(4-6-20)25-16-34(33-32-25)23-9-7-21(8-10-23)31-24-12-14-29-18(2)26(24)27/h3-16H,1-2H3,(H,28,30)(H,29,31). The summed E-state index contributed by atoms with van der Waals surface area (Å²) in [5.74, 6) is 0. The lowest BCUT2D eigenvalue weighted by atomic mass is 10.1. The van der Waals surface area contributed by atoms with Crippen molar-refractivity contribution < 1.29 is 0 Å². The zero-order chi connectivity index (χ0) is 23.5. The molecule has 2 aromatic carbocycles. The summed E-state index contributed by atoms with van der Waals surface area (Å²) in [6.45, 7) is 3.85. The van der Waals surface area contributed by atoms with E-state index in [1.165, 1.54) is 0 Å². The molecule has 168 valence electrons. The highest BCUT2D eigenvalue weighted by molar-refractivity contribution is 6.33. The van der Waals surface area contributed by atoms with E-state index < -0.39 is 0 Å². The Morgan fingerprint density at radius 1 is 0.765 bits per heavy atom. The molecule has 0 saturated carbocycles. The van der Waals surface area contributed by atoms with Crippen LogP contribution in [0.2, 0.25) is 5.02 Å². The molecule has 0 radical (unpaired) electrons. The van der Waals surface area contributed by atoms with Crippen LogP contribution in [-0.2, 0) is 0 Å². The Morgan fingerprint density at radius 2 is 1.47 bits per heavy atom. The lowest BCUT2D eigenvalue weighted by molar-refractivity contribution is 0.804. The number of rotatable bonds is 6. The third-order valence-corrected chi connectivity index (χ3v) is 5.81. The number of hydrogen-bond donors (Lipinski definition) is 2. The van der Waals surface area contributed by atoms with Gasteiger partial charge in [-0.2, -0.15) is 0 Å². The first-order valence-electron chi connectivity index (χ1n) is 10.8. The van der Waals surface area contributed by atoms with E-state index in [1.54, 1.807) is 17.1 Å². The minimum absolute atomic E-state index is 0.615. The third-order valence-electron chi connectivity index (χ3n) is 5.33. The van der Waals surface area contributed by atoms with Crippen molar-refractivity contribution in [2.75, 3.05) is 10.6 Å². The summed E-state index contributed by atoms with van der Waals surface area (Å²) in [6.07, 6.45) is 5.44. The number of nitrogens with zero attached hydrogens (tertiary/aromatic N) is 5. The van der Waals surface area contributed by atoms with Crippen LogP contribution in [0.5, 0.6) is 0 Å². The second-order valence-electron chi connectivity index (χ2n) is 7.87. The summed E-state index contributed by atoms with van der Waals surface area (Å²) in [7, 11) is 0. The number of pyridine rings is 2. The molecule has 5 rings (SSSR count). The molecule has 0 atom stereocenters. The molecule has 0 aliphatic rings. The Kier molecular flexibility index (Phi) is 5.93. The molecule has 0 bridgehead atoms. The van der Waals surface area contributed by atoms with Gasteiger partial charge in [0.2, 0.25) is 0 Å². The van der Waals surface area contributed by atoms with Gasteiger partial charge >= 0.3 is 0 Å². The maximum absolute atomic E-state index is 6.33. The van der Waals surface area contributed by atoms with Gasteiger partial charge in [-0.1, -0.05) is 28.9 Å². The van der Waals surface area contributed by atoms with E-state index in [2.05, 4.69) is 30.9 Å². The molecule has 0 spiro atoms. The van der Waals surface area contributed by atoms with Crippen molar-refractivity contribution in [3.8, 4) is 16.9 Å². The van der Waals surface area contributed by atoms with Crippen molar-refractivity contribution in [1.82, 2.24) is 25.0 Å². The highest BCUT2D eigenvalue weighted by atomic mass is 35.5. The molecular formula is C26H22ClN7. The smallest absolute Gasteiger partial charge is 0.113 e.